The number of hydrogen-bond acceptors (Lipinski definition) is 2. The quantitative estimate of drug-likeness (QED) is 0.856. The maximum absolute atomic E-state index is 13.4. The van der Waals surface area contributed by atoms with Gasteiger partial charge in [0.2, 0.25) is 0 Å². The summed E-state index contributed by atoms with van der Waals surface area (Å²) in [5.41, 5.74) is 0.997. The molecule has 0 aliphatic heterocycles. The Bertz CT molecular complexity index is 371. The van der Waals surface area contributed by atoms with Gasteiger partial charge in [-0.05, 0) is 41.4 Å². The molecule has 4 heteroatoms. The molecule has 0 saturated carbocycles. The molecule has 1 N–H and O–H groups in total. The van der Waals surface area contributed by atoms with Gasteiger partial charge >= 0.3 is 0 Å². The standard InChI is InChI=1S/C13H19BrFNO/c1-4-6-16-12(5-2)9-7-10(14)11(15)8-13(9)17-3/h7-8,12,16H,4-6H2,1-3H3. The fraction of sp³-hybridized carbons (Fsp3) is 0.538. The fourth-order valence-corrected chi connectivity index (χ4v) is 2.15. The SMILES string of the molecule is CCCNC(CC)c1cc(Br)c(F)cc1OC. The molecule has 2 nitrogen and oxygen atoms in total. The summed E-state index contributed by atoms with van der Waals surface area (Å²) in [4.78, 5) is 0. The molecular weight excluding hydrogens is 285 g/mol. The second-order valence-corrected chi connectivity index (χ2v) is 4.78. The molecule has 0 radical (unpaired) electrons. The Hall–Kier alpha value is -0.610. The van der Waals surface area contributed by atoms with Gasteiger partial charge in [0.1, 0.15) is 11.6 Å². The molecule has 0 fully saturated rings. The predicted molar refractivity (Wildman–Crippen MR) is 72.0 cm³/mol. The molecule has 96 valence electrons. The zero-order valence-corrected chi connectivity index (χ0v) is 12.1. The van der Waals surface area contributed by atoms with Crippen molar-refractivity contribution < 1.29 is 9.13 Å². The van der Waals surface area contributed by atoms with Crippen molar-refractivity contribution in [1.29, 1.82) is 0 Å². The van der Waals surface area contributed by atoms with Crippen LogP contribution in [-0.2, 0) is 0 Å². The summed E-state index contributed by atoms with van der Waals surface area (Å²) in [6, 6.07) is 3.42. The third-order valence-corrected chi connectivity index (χ3v) is 3.30. The van der Waals surface area contributed by atoms with E-state index in [2.05, 4.69) is 35.1 Å². The van der Waals surface area contributed by atoms with Crippen molar-refractivity contribution in [1.82, 2.24) is 5.32 Å². The average Bonchev–Trinajstić information content (AvgIpc) is 2.34. The molecular formula is C13H19BrFNO. The Morgan fingerprint density at radius 1 is 1.41 bits per heavy atom. The molecule has 0 spiro atoms. The van der Waals surface area contributed by atoms with Gasteiger partial charge in [-0.1, -0.05) is 13.8 Å². The van der Waals surface area contributed by atoms with Gasteiger partial charge in [0.05, 0.1) is 11.6 Å². The summed E-state index contributed by atoms with van der Waals surface area (Å²) in [6.45, 7) is 5.16. The minimum Gasteiger partial charge on any atom is -0.496 e. The second kappa shape index (κ2) is 6.97. The van der Waals surface area contributed by atoms with E-state index in [1.807, 2.05) is 0 Å². The lowest BCUT2D eigenvalue weighted by molar-refractivity contribution is 0.393. The molecule has 0 aliphatic rings. The monoisotopic (exact) mass is 303 g/mol. The van der Waals surface area contributed by atoms with E-state index in [0.717, 1.165) is 24.9 Å². The Morgan fingerprint density at radius 2 is 2.12 bits per heavy atom. The van der Waals surface area contributed by atoms with E-state index in [0.29, 0.717) is 10.2 Å². The highest BCUT2D eigenvalue weighted by atomic mass is 79.9. The summed E-state index contributed by atoms with van der Waals surface area (Å²) in [6.07, 6.45) is 2.01. The summed E-state index contributed by atoms with van der Waals surface area (Å²) in [7, 11) is 1.57. The first-order valence-corrected chi connectivity index (χ1v) is 6.69. The molecule has 0 bridgehead atoms. The summed E-state index contributed by atoms with van der Waals surface area (Å²) in [5, 5.41) is 3.43. The van der Waals surface area contributed by atoms with Crippen LogP contribution >= 0.6 is 15.9 Å². The molecule has 17 heavy (non-hydrogen) atoms. The van der Waals surface area contributed by atoms with Crippen molar-refractivity contribution in [3.8, 4) is 5.75 Å². The number of ether oxygens (including phenoxy) is 1. The second-order valence-electron chi connectivity index (χ2n) is 3.92. The molecule has 0 aliphatic carbocycles. The van der Waals surface area contributed by atoms with Gasteiger partial charge in [0.25, 0.3) is 0 Å². The van der Waals surface area contributed by atoms with E-state index in [4.69, 9.17) is 4.74 Å². The Labute approximate surface area is 111 Å². The van der Waals surface area contributed by atoms with Crippen molar-refractivity contribution in [2.24, 2.45) is 0 Å². The van der Waals surface area contributed by atoms with Crippen LogP contribution in [0.3, 0.4) is 0 Å². The van der Waals surface area contributed by atoms with E-state index < -0.39 is 0 Å². The number of methoxy groups -OCH3 is 1. The zero-order valence-electron chi connectivity index (χ0n) is 10.5. The first-order chi connectivity index (χ1) is 8.13. The third kappa shape index (κ3) is 3.68. The minimum absolute atomic E-state index is 0.196. The topological polar surface area (TPSA) is 21.3 Å². The number of halogens is 2. The smallest absolute Gasteiger partial charge is 0.141 e. The van der Waals surface area contributed by atoms with Crippen LogP contribution in [0.15, 0.2) is 16.6 Å². The van der Waals surface area contributed by atoms with Crippen LogP contribution < -0.4 is 10.1 Å². The van der Waals surface area contributed by atoms with E-state index in [1.165, 1.54) is 6.07 Å². The zero-order chi connectivity index (χ0) is 12.8. The predicted octanol–water partition coefficient (Wildman–Crippen LogP) is 4.05. The molecule has 1 atom stereocenters. The fourth-order valence-electron chi connectivity index (χ4n) is 1.79. The largest absolute Gasteiger partial charge is 0.496 e. The van der Waals surface area contributed by atoms with Crippen LogP contribution in [0.25, 0.3) is 0 Å². The Balaban J connectivity index is 3.04. The lowest BCUT2D eigenvalue weighted by Gasteiger charge is -2.20. The van der Waals surface area contributed by atoms with E-state index in [-0.39, 0.29) is 11.9 Å². The lowest BCUT2D eigenvalue weighted by Crippen LogP contribution is -2.22. The number of rotatable bonds is 6. The van der Waals surface area contributed by atoms with Crippen LogP contribution in [0, 0.1) is 5.82 Å². The van der Waals surface area contributed by atoms with Crippen LogP contribution in [0.2, 0.25) is 0 Å². The van der Waals surface area contributed by atoms with Gasteiger partial charge in [-0.2, -0.15) is 0 Å². The minimum atomic E-state index is -0.295. The van der Waals surface area contributed by atoms with E-state index >= 15 is 0 Å². The van der Waals surface area contributed by atoms with Crippen LogP contribution in [0.5, 0.6) is 5.75 Å². The van der Waals surface area contributed by atoms with Gasteiger partial charge in [0, 0.05) is 17.7 Å². The van der Waals surface area contributed by atoms with Gasteiger partial charge in [-0.3, -0.25) is 0 Å². The molecule has 0 saturated heterocycles. The molecule has 0 heterocycles. The van der Waals surface area contributed by atoms with Crippen LogP contribution in [-0.4, -0.2) is 13.7 Å². The van der Waals surface area contributed by atoms with Crippen molar-refractivity contribution in [3.05, 3.63) is 28.0 Å². The molecule has 1 aromatic rings. The van der Waals surface area contributed by atoms with Crippen molar-refractivity contribution in [2.75, 3.05) is 13.7 Å². The van der Waals surface area contributed by atoms with Gasteiger partial charge < -0.3 is 10.1 Å². The molecule has 0 aromatic heterocycles. The highest BCUT2D eigenvalue weighted by Gasteiger charge is 2.16. The third-order valence-electron chi connectivity index (χ3n) is 2.70. The highest BCUT2D eigenvalue weighted by Crippen LogP contribution is 2.32. The number of nitrogens with one attached hydrogen (secondary N) is 1. The molecule has 1 aromatic carbocycles. The van der Waals surface area contributed by atoms with E-state index in [9.17, 15) is 4.39 Å². The maximum Gasteiger partial charge on any atom is 0.141 e. The summed E-state index contributed by atoms with van der Waals surface area (Å²) in [5.74, 6) is 0.303. The first kappa shape index (κ1) is 14.5. The van der Waals surface area contributed by atoms with Gasteiger partial charge in [-0.25, -0.2) is 4.39 Å². The van der Waals surface area contributed by atoms with Crippen LogP contribution in [0.4, 0.5) is 4.39 Å². The summed E-state index contributed by atoms with van der Waals surface area (Å²) < 4.78 is 19.1. The van der Waals surface area contributed by atoms with Crippen molar-refractivity contribution in [2.45, 2.75) is 32.7 Å². The summed E-state index contributed by atoms with van der Waals surface area (Å²) >= 11 is 3.22. The van der Waals surface area contributed by atoms with Crippen molar-refractivity contribution >= 4 is 15.9 Å². The molecule has 0 amide bonds. The lowest BCUT2D eigenvalue weighted by atomic mass is 10.0. The number of benzene rings is 1. The highest BCUT2D eigenvalue weighted by molar-refractivity contribution is 9.10. The van der Waals surface area contributed by atoms with E-state index in [1.54, 1.807) is 13.2 Å². The number of hydrogen-bond donors (Lipinski definition) is 1. The molecule has 1 rings (SSSR count). The maximum atomic E-state index is 13.4. The van der Waals surface area contributed by atoms with Gasteiger partial charge in [0.15, 0.2) is 0 Å². The van der Waals surface area contributed by atoms with Gasteiger partial charge in [-0.15, -0.1) is 0 Å². The Kier molecular flexibility index (Phi) is 5.92. The normalized spacial score (nSPS) is 12.5. The molecule has 1 unspecified atom stereocenters. The van der Waals surface area contributed by atoms with Crippen LogP contribution in [0.1, 0.15) is 38.3 Å². The Morgan fingerprint density at radius 3 is 2.65 bits per heavy atom. The first-order valence-electron chi connectivity index (χ1n) is 5.90. The van der Waals surface area contributed by atoms with Crippen molar-refractivity contribution in [3.63, 3.8) is 0 Å². The average molecular weight is 304 g/mol.